The van der Waals surface area contributed by atoms with E-state index in [4.69, 9.17) is 28.2 Å². The van der Waals surface area contributed by atoms with E-state index in [0.717, 1.165) is 22.8 Å². The van der Waals surface area contributed by atoms with Crippen LogP contribution < -0.4 is 15.6 Å². The number of benzene rings is 2. The lowest BCUT2D eigenvalue weighted by Crippen LogP contribution is -2.38. The molecule has 2 aromatic carbocycles. The quantitative estimate of drug-likeness (QED) is 0.135. The van der Waals surface area contributed by atoms with Crippen LogP contribution in [0.2, 0.25) is 10.0 Å². The molecule has 8 rings (SSSR count). The van der Waals surface area contributed by atoms with Crippen molar-refractivity contribution in [3.05, 3.63) is 115 Å². The van der Waals surface area contributed by atoms with Gasteiger partial charge in [-0.2, -0.15) is 19.0 Å². The second kappa shape index (κ2) is 14.3. The summed E-state index contributed by atoms with van der Waals surface area (Å²) in [5.41, 5.74) is -2.18. The summed E-state index contributed by atoms with van der Waals surface area (Å²) in [5, 5.41) is 11.4. The fourth-order valence-corrected chi connectivity index (χ4v) is 8.27. The summed E-state index contributed by atoms with van der Waals surface area (Å²) in [4.78, 5) is 37.4. The number of rotatable bonds is 11. The van der Waals surface area contributed by atoms with Gasteiger partial charge in [0.2, 0.25) is 5.91 Å². The lowest BCUT2D eigenvalue weighted by atomic mass is 10.0. The average molecular weight is 851 g/mol. The Labute approximate surface area is 330 Å². The molecule has 0 bridgehead atoms. The molecule has 296 valence electrons. The maximum absolute atomic E-state index is 15.4. The highest BCUT2D eigenvalue weighted by Crippen LogP contribution is 2.68. The minimum Gasteiger partial charge on any atom is -0.344 e. The van der Waals surface area contributed by atoms with Gasteiger partial charge in [-0.25, -0.2) is 26.8 Å². The Morgan fingerprint density at radius 1 is 1.05 bits per heavy atom. The summed E-state index contributed by atoms with van der Waals surface area (Å²) in [5.74, 6) is -8.62. The fourth-order valence-electron chi connectivity index (χ4n) is 7.51. The zero-order chi connectivity index (χ0) is 40.7. The molecule has 1 saturated carbocycles. The van der Waals surface area contributed by atoms with E-state index >= 15 is 8.78 Å². The standard InChI is InChI=1S/C36H27Cl2F6N9O3S/c1-51-31-25(6-4-21(38)29(31)34(49-51)50-57(2)56)53-27(55)12-23(22-5-3-16(37)13-45-22)47-35(53)24(9-15-7-17(39)10-18(40)8-15)46-26(54)14-52-32-28(30(48-52)33(41)42)19-11-20(19)36(32,43)44/h3-8,10,12-13,19-20,24,33H,9,11,14H2,1-2H3,(H,46,54)(H,49,50)/t19-,20+,24?,57?/m0/s1. The minimum atomic E-state index is -3.53. The van der Waals surface area contributed by atoms with E-state index in [0.29, 0.717) is 10.7 Å². The maximum Gasteiger partial charge on any atom is 0.293 e. The van der Waals surface area contributed by atoms with Gasteiger partial charge < -0.3 is 5.32 Å². The number of halogens is 8. The van der Waals surface area contributed by atoms with Gasteiger partial charge in [-0.1, -0.05) is 23.2 Å². The first-order valence-corrected chi connectivity index (χ1v) is 19.4. The first-order chi connectivity index (χ1) is 27.0. The first-order valence-electron chi connectivity index (χ1n) is 17.0. The second-order valence-electron chi connectivity index (χ2n) is 13.6. The number of nitrogens with zero attached hydrogens (tertiary/aromatic N) is 7. The summed E-state index contributed by atoms with van der Waals surface area (Å²) >= 11 is 12.7. The molecule has 4 heterocycles. The van der Waals surface area contributed by atoms with Crippen LogP contribution >= 0.6 is 23.2 Å². The zero-order valence-corrected chi connectivity index (χ0v) is 31.7. The number of nitrogens with one attached hydrogen (secondary N) is 2. The van der Waals surface area contributed by atoms with Gasteiger partial charge in [-0.15, -0.1) is 0 Å². The lowest BCUT2D eigenvalue weighted by Gasteiger charge is -2.24. The molecule has 2 unspecified atom stereocenters. The molecule has 4 atom stereocenters. The number of carbonyl (C=O) groups is 1. The number of aryl methyl sites for hydroxylation is 1. The molecule has 2 N–H and O–H groups in total. The summed E-state index contributed by atoms with van der Waals surface area (Å²) in [6.07, 6.45) is -0.943. The number of alkyl halides is 4. The van der Waals surface area contributed by atoms with Crippen molar-refractivity contribution < 1.29 is 35.3 Å². The molecule has 1 amide bonds. The van der Waals surface area contributed by atoms with Crippen molar-refractivity contribution in [2.45, 2.75) is 43.7 Å². The Balaban J connectivity index is 1.31. The third kappa shape index (κ3) is 6.94. The monoisotopic (exact) mass is 849 g/mol. The molecular formula is C36H27Cl2F6N9O3S. The van der Waals surface area contributed by atoms with Crippen molar-refractivity contribution in [3.8, 4) is 17.1 Å². The molecule has 0 radical (unpaired) electrons. The van der Waals surface area contributed by atoms with E-state index in [1.54, 1.807) is 0 Å². The molecule has 0 saturated heterocycles. The van der Waals surface area contributed by atoms with Gasteiger partial charge in [0.1, 0.15) is 46.4 Å². The van der Waals surface area contributed by atoms with Crippen LogP contribution in [-0.4, -0.2) is 50.5 Å². The van der Waals surface area contributed by atoms with Crippen LogP contribution in [0.4, 0.5) is 32.2 Å². The lowest BCUT2D eigenvalue weighted by molar-refractivity contribution is -0.123. The fraction of sp³-hybridized carbons (Fsp3) is 0.278. The molecule has 12 nitrogen and oxygen atoms in total. The van der Waals surface area contributed by atoms with Crippen molar-refractivity contribution in [3.63, 3.8) is 0 Å². The third-order valence-corrected chi connectivity index (χ3v) is 10.8. The highest BCUT2D eigenvalue weighted by molar-refractivity contribution is 7.85. The van der Waals surface area contributed by atoms with Crippen LogP contribution in [-0.2, 0) is 41.7 Å². The molecule has 2 aliphatic rings. The number of pyridine rings is 1. The Morgan fingerprint density at radius 2 is 1.79 bits per heavy atom. The van der Waals surface area contributed by atoms with Crippen LogP contribution in [0.1, 0.15) is 53.1 Å². The van der Waals surface area contributed by atoms with Crippen molar-refractivity contribution in [1.29, 1.82) is 0 Å². The molecule has 0 spiro atoms. The smallest absolute Gasteiger partial charge is 0.293 e. The average Bonchev–Trinajstić information content (AvgIpc) is 3.67. The predicted molar refractivity (Wildman–Crippen MR) is 198 cm³/mol. The highest BCUT2D eigenvalue weighted by Gasteiger charge is 2.67. The third-order valence-electron chi connectivity index (χ3n) is 9.80. The number of aromatic nitrogens is 7. The zero-order valence-electron chi connectivity index (χ0n) is 29.4. The van der Waals surface area contributed by atoms with Crippen LogP contribution in [0.25, 0.3) is 28.0 Å². The van der Waals surface area contributed by atoms with Crippen LogP contribution in [0.15, 0.2) is 59.5 Å². The Kier molecular flexibility index (Phi) is 9.67. The normalized spacial score (nSPS) is 17.7. The number of hydrogen-bond donors (Lipinski definition) is 2. The molecule has 57 heavy (non-hydrogen) atoms. The number of carbonyl (C=O) groups excluding carboxylic acids is 1. The minimum absolute atomic E-state index is 0.00831. The predicted octanol–water partition coefficient (Wildman–Crippen LogP) is 6.91. The summed E-state index contributed by atoms with van der Waals surface area (Å²) < 4.78 is 106. The summed E-state index contributed by atoms with van der Waals surface area (Å²) in [6.45, 7) is -0.961. The van der Waals surface area contributed by atoms with E-state index in [-0.39, 0.29) is 67.2 Å². The summed E-state index contributed by atoms with van der Waals surface area (Å²) in [6, 6.07) is 8.13. The van der Waals surface area contributed by atoms with Gasteiger partial charge in [-0.3, -0.25) is 33.2 Å². The second-order valence-corrected chi connectivity index (χ2v) is 15.6. The maximum atomic E-state index is 15.4. The van der Waals surface area contributed by atoms with Gasteiger partial charge >= 0.3 is 0 Å². The SMILES string of the molecule is Cn1nc(NS(C)=O)c2c(Cl)ccc(-n3c(C(Cc4cc(F)cc(F)c4)NC(=O)Cn4nc(C(F)F)c5c4C(F)(F)[C@@H]4C[C@H]54)nc(-c4ccc(Cl)cn4)cc3=O)c21. The van der Waals surface area contributed by atoms with Gasteiger partial charge in [0, 0.05) is 49.5 Å². The van der Waals surface area contributed by atoms with Crippen molar-refractivity contribution in [2.24, 2.45) is 13.0 Å². The molecule has 1 fully saturated rings. The Hall–Kier alpha value is -5.27. The topological polar surface area (TPSA) is 142 Å². The van der Waals surface area contributed by atoms with Crippen LogP contribution in [0, 0.1) is 17.6 Å². The van der Waals surface area contributed by atoms with Crippen molar-refractivity contribution >= 4 is 56.8 Å². The number of amides is 1. The highest BCUT2D eigenvalue weighted by atomic mass is 35.5. The van der Waals surface area contributed by atoms with Gasteiger partial charge in [0.15, 0.2) is 5.82 Å². The van der Waals surface area contributed by atoms with Crippen LogP contribution in [0.5, 0.6) is 0 Å². The van der Waals surface area contributed by atoms with Gasteiger partial charge in [0.25, 0.3) is 17.9 Å². The van der Waals surface area contributed by atoms with Gasteiger partial charge in [-0.05, 0) is 54.3 Å². The molecular weight excluding hydrogens is 823 g/mol. The molecule has 0 aliphatic heterocycles. The van der Waals surface area contributed by atoms with Crippen molar-refractivity contribution in [1.82, 2.24) is 39.4 Å². The molecule has 6 aromatic rings. The van der Waals surface area contributed by atoms with E-state index in [2.05, 4.69) is 25.2 Å². The number of hydrogen-bond acceptors (Lipinski definition) is 7. The van der Waals surface area contributed by atoms with Crippen LogP contribution in [0.3, 0.4) is 0 Å². The van der Waals surface area contributed by atoms with Crippen molar-refractivity contribution in [2.75, 3.05) is 11.0 Å². The van der Waals surface area contributed by atoms with E-state index in [9.17, 15) is 31.4 Å². The van der Waals surface area contributed by atoms with Gasteiger partial charge in [0.05, 0.1) is 44.1 Å². The molecule has 4 aromatic heterocycles. The first kappa shape index (κ1) is 38.6. The molecule has 21 heteroatoms. The summed E-state index contributed by atoms with van der Waals surface area (Å²) in [7, 11) is -0.0747. The van der Waals surface area contributed by atoms with E-state index in [1.807, 2.05) is 0 Å². The number of anilines is 1. The Morgan fingerprint density at radius 3 is 2.46 bits per heavy atom. The largest absolute Gasteiger partial charge is 0.344 e. The van der Waals surface area contributed by atoms with E-state index < -0.39 is 88.7 Å². The molecule has 2 aliphatic carbocycles. The Bertz CT molecular complexity index is 2690. The van der Waals surface area contributed by atoms with E-state index in [1.165, 1.54) is 48.4 Å². The number of fused-ring (bicyclic) bond motifs is 4.